The Kier molecular flexibility index (Phi) is 3.43. The summed E-state index contributed by atoms with van der Waals surface area (Å²) in [5, 5.41) is 20.3. The molecule has 1 atom stereocenters. The molecule has 13 heavy (non-hydrogen) atoms. The van der Waals surface area contributed by atoms with Crippen molar-refractivity contribution in [2.75, 3.05) is 13.2 Å². The van der Waals surface area contributed by atoms with Gasteiger partial charge in [-0.15, -0.1) is 0 Å². The number of imidazole rings is 1. The average Bonchev–Trinajstić information content (AvgIpc) is 2.54. The Hall–Kier alpha value is -1.38. The lowest BCUT2D eigenvalue weighted by molar-refractivity contribution is 0.288. The van der Waals surface area contributed by atoms with Crippen LogP contribution >= 0.6 is 0 Å². The van der Waals surface area contributed by atoms with Gasteiger partial charge in [0.1, 0.15) is 6.04 Å². The number of aryl methyl sites for hydroxylation is 1. The van der Waals surface area contributed by atoms with Gasteiger partial charge >= 0.3 is 0 Å². The van der Waals surface area contributed by atoms with Gasteiger partial charge in [0.05, 0.1) is 30.9 Å². The first-order chi connectivity index (χ1) is 6.29. The van der Waals surface area contributed by atoms with Gasteiger partial charge < -0.3 is 9.67 Å². The third-order valence-electron chi connectivity index (χ3n) is 1.74. The third kappa shape index (κ3) is 2.28. The van der Waals surface area contributed by atoms with Crippen molar-refractivity contribution in [3.05, 3.63) is 18.2 Å². The number of aliphatic hydroxyl groups is 1. The Bertz CT molecular complexity index is 301. The zero-order valence-electron chi connectivity index (χ0n) is 7.44. The molecule has 0 aliphatic rings. The van der Waals surface area contributed by atoms with Gasteiger partial charge in [0.2, 0.25) is 0 Å². The number of rotatable bonds is 4. The van der Waals surface area contributed by atoms with E-state index in [-0.39, 0.29) is 6.61 Å². The van der Waals surface area contributed by atoms with Crippen LogP contribution < -0.4 is 5.32 Å². The summed E-state index contributed by atoms with van der Waals surface area (Å²) in [6, 6.07) is 1.69. The van der Waals surface area contributed by atoms with Gasteiger partial charge in [-0.3, -0.25) is 5.32 Å². The van der Waals surface area contributed by atoms with Gasteiger partial charge in [-0.1, -0.05) is 0 Å². The highest BCUT2D eigenvalue weighted by atomic mass is 16.3. The zero-order chi connectivity index (χ0) is 9.68. The molecule has 70 valence electrons. The van der Waals surface area contributed by atoms with E-state index in [0.717, 1.165) is 5.69 Å². The summed E-state index contributed by atoms with van der Waals surface area (Å²) in [5.41, 5.74) is 0.802. The van der Waals surface area contributed by atoms with Crippen LogP contribution in [0.15, 0.2) is 12.5 Å². The van der Waals surface area contributed by atoms with Gasteiger partial charge in [-0.05, 0) is 0 Å². The molecule has 1 unspecified atom stereocenters. The Balaban J connectivity index is 2.68. The van der Waals surface area contributed by atoms with E-state index in [1.807, 2.05) is 7.05 Å². The summed E-state index contributed by atoms with van der Waals surface area (Å²) in [6.07, 6.45) is 3.28. The van der Waals surface area contributed by atoms with E-state index < -0.39 is 6.04 Å². The molecule has 0 saturated carbocycles. The Morgan fingerprint density at radius 3 is 3.08 bits per heavy atom. The lowest BCUT2D eigenvalue weighted by Crippen LogP contribution is -2.24. The molecule has 2 N–H and O–H groups in total. The van der Waals surface area contributed by atoms with Gasteiger partial charge in [0.25, 0.3) is 0 Å². The van der Waals surface area contributed by atoms with Crippen molar-refractivity contribution in [3.63, 3.8) is 0 Å². The maximum absolute atomic E-state index is 8.81. The second-order valence-corrected chi connectivity index (χ2v) is 2.67. The summed E-state index contributed by atoms with van der Waals surface area (Å²) in [7, 11) is 1.83. The smallest absolute Gasteiger partial charge is 0.138 e. The zero-order valence-corrected chi connectivity index (χ0v) is 7.44. The lowest BCUT2D eigenvalue weighted by Gasteiger charge is -2.10. The predicted octanol–water partition coefficient (Wildman–Crippen LogP) is -0.433. The molecule has 0 amide bonds. The first kappa shape index (κ1) is 9.71. The molecule has 5 nitrogen and oxygen atoms in total. The fourth-order valence-electron chi connectivity index (χ4n) is 1.07. The summed E-state index contributed by atoms with van der Waals surface area (Å²) >= 11 is 0. The van der Waals surface area contributed by atoms with Crippen LogP contribution in [0.3, 0.4) is 0 Å². The van der Waals surface area contributed by atoms with E-state index in [1.54, 1.807) is 17.1 Å². The third-order valence-corrected chi connectivity index (χ3v) is 1.74. The van der Waals surface area contributed by atoms with Crippen molar-refractivity contribution in [2.24, 2.45) is 7.05 Å². The lowest BCUT2D eigenvalue weighted by atomic mass is 10.2. The van der Waals surface area contributed by atoms with E-state index in [0.29, 0.717) is 6.54 Å². The van der Waals surface area contributed by atoms with Crippen LogP contribution in [0.4, 0.5) is 0 Å². The fraction of sp³-hybridized carbons (Fsp3) is 0.500. The van der Waals surface area contributed by atoms with Gasteiger partial charge in [0.15, 0.2) is 0 Å². The second kappa shape index (κ2) is 4.60. The molecule has 1 rings (SSSR count). The monoisotopic (exact) mass is 180 g/mol. The molecular formula is C8H12N4O. The van der Waals surface area contributed by atoms with Crippen LogP contribution in [0.5, 0.6) is 0 Å². The highest BCUT2D eigenvalue weighted by Crippen LogP contribution is 2.09. The average molecular weight is 180 g/mol. The van der Waals surface area contributed by atoms with E-state index in [4.69, 9.17) is 10.4 Å². The summed E-state index contributed by atoms with van der Waals surface area (Å²) in [5.74, 6) is 0. The topological polar surface area (TPSA) is 73.9 Å². The molecule has 0 spiro atoms. The Labute approximate surface area is 76.6 Å². The van der Waals surface area contributed by atoms with E-state index in [9.17, 15) is 0 Å². The molecule has 1 aromatic rings. The van der Waals surface area contributed by atoms with Crippen LogP contribution in [-0.2, 0) is 7.05 Å². The predicted molar refractivity (Wildman–Crippen MR) is 46.7 cm³/mol. The van der Waals surface area contributed by atoms with E-state index >= 15 is 0 Å². The van der Waals surface area contributed by atoms with Crippen molar-refractivity contribution < 1.29 is 5.11 Å². The summed E-state index contributed by atoms with van der Waals surface area (Å²) in [6.45, 7) is 0.430. The number of nitrogens with zero attached hydrogens (tertiary/aromatic N) is 3. The quantitative estimate of drug-likeness (QED) is 0.659. The summed E-state index contributed by atoms with van der Waals surface area (Å²) in [4.78, 5) is 3.91. The number of nitriles is 1. The van der Waals surface area contributed by atoms with Crippen molar-refractivity contribution in [1.29, 1.82) is 5.26 Å². The van der Waals surface area contributed by atoms with Gasteiger partial charge in [0, 0.05) is 13.6 Å². The molecule has 5 heteroatoms. The van der Waals surface area contributed by atoms with Crippen LogP contribution in [0.1, 0.15) is 11.7 Å². The molecule has 0 radical (unpaired) electrons. The minimum Gasteiger partial charge on any atom is -0.395 e. The molecule has 0 aliphatic heterocycles. The van der Waals surface area contributed by atoms with E-state index in [1.165, 1.54) is 0 Å². The van der Waals surface area contributed by atoms with Gasteiger partial charge in [-0.2, -0.15) is 5.26 Å². The van der Waals surface area contributed by atoms with Gasteiger partial charge in [-0.25, -0.2) is 4.98 Å². The maximum atomic E-state index is 8.81. The number of nitrogens with one attached hydrogen (secondary N) is 1. The van der Waals surface area contributed by atoms with Crippen molar-refractivity contribution in [2.45, 2.75) is 6.04 Å². The first-order valence-electron chi connectivity index (χ1n) is 3.99. The minimum atomic E-state index is -0.403. The van der Waals surface area contributed by atoms with Crippen LogP contribution in [-0.4, -0.2) is 27.8 Å². The van der Waals surface area contributed by atoms with Crippen molar-refractivity contribution in [3.8, 4) is 6.07 Å². The molecule has 1 heterocycles. The largest absolute Gasteiger partial charge is 0.395 e. The Morgan fingerprint density at radius 1 is 1.85 bits per heavy atom. The number of aromatic nitrogens is 2. The molecule has 0 fully saturated rings. The number of hydrogen-bond donors (Lipinski definition) is 2. The molecule has 0 saturated heterocycles. The van der Waals surface area contributed by atoms with Crippen molar-refractivity contribution in [1.82, 2.24) is 14.9 Å². The summed E-state index contributed by atoms with van der Waals surface area (Å²) < 4.78 is 1.78. The van der Waals surface area contributed by atoms with E-state index in [2.05, 4.69) is 16.4 Å². The SMILES string of the molecule is Cn1cncc1C(C#N)NCCO. The fourth-order valence-corrected chi connectivity index (χ4v) is 1.07. The first-order valence-corrected chi connectivity index (χ1v) is 3.99. The normalized spacial score (nSPS) is 12.4. The van der Waals surface area contributed by atoms with Crippen molar-refractivity contribution >= 4 is 0 Å². The molecule has 0 aliphatic carbocycles. The molecule has 0 bridgehead atoms. The standard InChI is InChI=1S/C8H12N4O/c1-12-6-10-5-8(12)7(4-9)11-2-3-13/h5-7,11,13H,2-3H2,1H3. The van der Waals surface area contributed by atoms with Crippen LogP contribution in [0.25, 0.3) is 0 Å². The maximum Gasteiger partial charge on any atom is 0.138 e. The number of aliphatic hydroxyl groups excluding tert-OH is 1. The molecular weight excluding hydrogens is 168 g/mol. The highest BCUT2D eigenvalue weighted by molar-refractivity contribution is 5.13. The minimum absolute atomic E-state index is 0.0238. The molecule has 1 aromatic heterocycles. The Morgan fingerprint density at radius 2 is 2.62 bits per heavy atom. The number of hydrogen-bond acceptors (Lipinski definition) is 4. The van der Waals surface area contributed by atoms with Crippen LogP contribution in [0.2, 0.25) is 0 Å². The second-order valence-electron chi connectivity index (χ2n) is 2.67. The van der Waals surface area contributed by atoms with Crippen LogP contribution in [0, 0.1) is 11.3 Å². The highest BCUT2D eigenvalue weighted by Gasteiger charge is 2.12. The molecule has 0 aromatic carbocycles.